The van der Waals surface area contributed by atoms with Gasteiger partial charge < -0.3 is 10.2 Å². The van der Waals surface area contributed by atoms with Crippen LogP contribution in [0.25, 0.3) is 0 Å². The molecule has 4 nitrogen and oxygen atoms in total. The van der Waals surface area contributed by atoms with Crippen molar-refractivity contribution in [1.82, 2.24) is 20.0 Å². The Balaban J connectivity index is 2.18. The molecule has 6 heteroatoms. The molecule has 1 saturated heterocycles. The molecule has 108 valence electrons. The van der Waals surface area contributed by atoms with E-state index in [0.29, 0.717) is 11.3 Å². The molecule has 2 unspecified atom stereocenters. The number of rotatable bonds is 6. The summed E-state index contributed by atoms with van der Waals surface area (Å²) in [6.07, 6.45) is 4.33. The molecule has 0 aromatic carbocycles. The molecule has 1 aliphatic heterocycles. The summed E-state index contributed by atoms with van der Waals surface area (Å²) in [5, 5.41) is 9.26. The fourth-order valence-corrected chi connectivity index (χ4v) is 4.20. The number of aromatic nitrogens is 2. The van der Waals surface area contributed by atoms with E-state index in [-0.39, 0.29) is 0 Å². The number of hydrogen-bond donors (Lipinski definition) is 1. The summed E-state index contributed by atoms with van der Waals surface area (Å²) < 4.78 is 2.06. The molecule has 0 aliphatic carbocycles. The van der Waals surface area contributed by atoms with Crippen LogP contribution < -0.4 is 5.32 Å². The van der Waals surface area contributed by atoms with Crippen molar-refractivity contribution in [3.63, 3.8) is 0 Å². The Morgan fingerprint density at radius 1 is 1.63 bits per heavy atom. The highest BCUT2D eigenvalue weighted by atomic mass is 35.5. The molecule has 2 atom stereocenters. The highest BCUT2D eigenvalue weighted by Crippen LogP contribution is 2.37. The summed E-state index contributed by atoms with van der Waals surface area (Å²) in [5.41, 5.74) is 1.14. The predicted molar refractivity (Wildman–Crippen MR) is 83.1 cm³/mol. The van der Waals surface area contributed by atoms with Crippen molar-refractivity contribution in [2.45, 2.75) is 30.7 Å². The Morgan fingerprint density at radius 3 is 3.00 bits per heavy atom. The van der Waals surface area contributed by atoms with E-state index in [4.69, 9.17) is 11.6 Å². The second kappa shape index (κ2) is 6.97. The van der Waals surface area contributed by atoms with Crippen LogP contribution in [0, 0.1) is 0 Å². The van der Waals surface area contributed by atoms with Crippen molar-refractivity contribution in [1.29, 1.82) is 0 Å². The lowest BCUT2D eigenvalue weighted by Gasteiger charge is -2.24. The van der Waals surface area contributed by atoms with Crippen LogP contribution in [0.1, 0.15) is 24.6 Å². The van der Waals surface area contributed by atoms with Gasteiger partial charge in [0.2, 0.25) is 0 Å². The Hall–Kier alpha value is -0.230. The molecule has 0 spiro atoms. The normalized spacial score (nSPS) is 21.2. The zero-order valence-electron chi connectivity index (χ0n) is 11.9. The zero-order chi connectivity index (χ0) is 13.8. The van der Waals surface area contributed by atoms with E-state index in [1.54, 1.807) is 6.20 Å². The number of halogens is 1. The van der Waals surface area contributed by atoms with Crippen molar-refractivity contribution in [2.75, 3.05) is 33.4 Å². The fourth-order valence-electron chi connectivity index (χ4n) is 2.52. The summed E-state index contributed by atoms with van der Waals surface area (Å²) >= 11 is 8.41. The first-order valence-electron chi connectivity index (χ1n) is 6.78. The summed E-state index contributed by atoms with van der Waals surface area (Å²) in [6.45, 7) is 1.85. The number of nitrogens with one attached hydrogen (secondary N) is 1. The maximum absolute atomic E-state index is 6.37. The van der Waals surface area contributed by atoms with Gasteiger partial charge >= 0.3 is 0 Å². The van der Waals surface area contributed by atoms with Crippen LogP contribution in [0.15, 0.2) is 6.20 Å². The predicted octanol–water partition coefficient (Wildman–Crippen LogP) is 2.25. The van der Waals surface area contributed by atoms with E-state index < -0.39 is 0 Å². The van der Waals surface area contributed by atoms with Crippen molar-refractivity contribution in [3.8, 4) is 0 Å². The van der Waals surface area contributed by atoms with Gasteiger partial charge in [0, 0.05) is 11.8 Å². The third-order valence-electron chi connectivity index (χ3n) is 3.53. The van der Waals surface area contributed by atoms with Gasteiger partial charge in [-0.2, -0.15) is 16.9 Å². The number of nitrogens with zero attached hydrogens (tertiary/aromatic N) is 3. The highest BCUT2D eigenvalue weighted by Gasteiger charge is 2.30. The van der Waals surface area contributed by atoms with Gasteiger partial charge in [-0.25, -0.2) is 0 Å². The van der Waals surface area contributed by atoms with E-state index in [0.717, 1.165) is 23.8 Å². The lowest BCUT2D eigenvalue weighted by molar-refractivity contribution is 0.362. The summed E-state index contributed by atoms with van der Waals surface area (Å²) in [7, 11) is 6.17. The average molecular weight is 303 g/mol. The van der Waals surface area contributed by atoms with Crippen LogP contribution in [-0.2, 0) is 6.54 Å². The molecule has 0 amide bonds. The first kappa shape index (κ1) is 15.2. The summed E-state index contributed by atoms with van der Waals surface area (Å²) in [4.78, 5) is 2.16. The first-order valence-corrected chi connectivity index (χ1v) is 8.21. The van der Waals surface area contributed by atoms with Gasteiger partial charge in [-0.15, -0.1) is 0 Å². The van der Waals surface area contributed by atoms with Gasteiger partial charge in [0.05, 0.1) is 29.5 Å². The molecule has 0 radical (unpaired) electrons. The smallest absolute Gasteiger partial charge is 0.0834 e. The van der Waals surface area contributed by atoms with E-state index in [9.17, 15) is 0 Å². The monoisotopic (exact) mass is 302 g/mol. The van der Waals surface area contributed by atoms with Crippen molar-refractivity contribution >= 4 is 23.4 Å². The minimum absolute atomic E-state index is 0.296. The molecule has 1 fully saturated rings. The molecule has 2 rings (SSSR count). The minimum Gasteiger partial charge on any atom is -0.311 e. The molecular weight excluding hydrogens is 280 g/mol. The van der Waals surface area contributed by atoms with Gasteiger partial charge in [0.1, 0.15) is 0 Å². The summed E-state index contributed by atoms with van der Waals surface area (Å²) in [6, 6.07) is 0.296. The van der Waals surface area contributed by atoms with Gasteiger partial charge in [0.25, 0.3) is 0 Å². The van der Waals surface area contributed by atoms with Crippen LogP contribution in [0.4, 0.5) is 0 Å². The fraction of sp³-hybridized carbons (Fsp3) is 0.769. The molecule has 1 N–H and O–H groups in total. The molecular formula is C13H23ClN4S. The minimum atomic E-state index is 0.296. The molecule has 0 saturated carbocycles. The Bertz CT molecular complexity index is 401. The largest absolute Gasteiger partial charge is 0.311 e. The van der Waals surface area contributed by atoms with Gasteiger partial charge in [-0.3, -0.25) is 4.68 Å². The standard InChI is InChI=1S/C13H23ClN4S/c1-15-12(11-5-4-8-19-11)13-10(14)9-16-18(13)7-6-17(2)3/h9,11-12,15H,4-8H2,1-3H3. The zero-order valence-corrected chi connectivity index (χ0v) is 13.5. The number of thioether (sulfide) groups is 1. The third kappa shape index (κ3) is 3.66. The van der Waals surface area contributed by atoms with Crippen molar-refractivity contribution in [2.24, 2.45) is 0 Å². The summed E-state index contributed by atoms with van der Waals surface area (Å²) in [5.74, 6) is 1.26. The molecule has 1 aromatic heterocycles. The maximum atomic E-state index is 6.37. The van der Waals surface area contributed by atoms with E-state index in [1.165, 1.54) is 18.6 Å². The first-order chi connectivity index (χ1) is 9.13. The highest BCUT2D eigenvalue weighted by molar-refractivity contribution is 8.00. The lowest BCUT2D eigenvalue weighted by atomic mass is 10.1. The molecule has 2 heterocycles. The SMILES string of the molecule is CNC(c1c(Cl)cnn1CCN(C)C)C1CCCS1. The van der Waals surface area contributed by atoms with E-state index >= 15 is 0 Å². The van der Waals surface area contributed by atoms with Crippen LogP contribution in [0.2, 0.25) is 5.02 Å². The second-order valence-electron chi connectivity index (χ2n) is 5.22. The Morgan fingerprint density at radius 2 is 2.42 bits per heavy atom. The van der Waals surface area contributed by atoms with Gasteiger partial charge in [-0.1, -0.05) is 11.6 Å². The topological polar surface area (TPSA) is 33.1 Å². The van der Waals surface area contributed by atoms with Gasteiger partial charge in [-0.05, 0) is 39.7 Å². The van der Waals surface area contributed by atoms with Crippen LogP contribution in [0.3, 0.4) is 0 Å². The third-order valence-corrected chi connectivity index (χ3v) is 5.29. The average Bonchev–Trinajstić information content (AvgIpc) is 3.00. The van der Waals surface area contributed by atoms with Crippen LogP contribution in [-0.4, -0.2) is 53.4 Å². The Kier molecular flexibility index (Phi) is 5.57. The molecule has 1 aliphatic rings. The molecule has 19 heavy (non-hydrogen) atoms. The van der Waals surface area contributed by atoms with Crippen LogP contribution in [0.5, 0.6) is 0 Å². The van der Waals surface area contributed by atoms with Crippen molar-refractivity contribution in [3.05, 3.63) is 16.9 Å². The maximum Gasteiger partial charge on any atom is 0.0834 e. The molecule has 1 aromatic rings. The van der Waals surface area contributed by atoms with Gasteiger partial charge in [0.15, 0.2) is 0 Å². The molecule has 0 bridgehead atoms. The van der Waals surface area contributed by atoms with Crippen molar-refractivity contribution < 1.29 is 0 Å². The quantitative estimate of drug-likeness (QED) is 0.874. The van der Waals surface area contributed by atoms with E-state index in [2.05, 4.69) is 34.1 Å². The number of hydrogen-bond acceptors (Lipinski definition) is 4. The van der Waals surface area contributed by atoms with E-state index in [1.807, 2.05) is 18.8 Å². The second-order valence-corrected chi connectivity index (χ2v) is 6.98. The lowest BCUT2D eigenvalue weighted by Crippen LogP contribution is -2.30. The Labute approximate surface area is 124 Å². The van der Waals surface area contributed by atoms with Crippen LogP contribution >= 0.6 is 23.4 Å². The number of likely N-dealkylation sites (N-methyl/N-ethyl adjacent to an activating group) is 1.